The fourth-order valence-corrected chi connectivity index (χ4v) is 1.78. The molecule has 1 heterocycles. The average molecular weight is 348 g/mol. The molecule has 0 aliphatic carbocycles. The van der Waals surface area contributed by atoms with Crippen molar-refractivity contribution in [1.29, 1.82) is 0 Å². The molecule has 1 saturated heterocycles. The maximum Gasteiger partial charge on any atom is 2.00 e. The molecule has 1 aliphatic heterocycles. The quantitative estimate of drug-likeness (QED) is 0.506. The number of carbonyl (C=O) groups excluding carboxylic acids is 1. The number of ketones is 1. The minimum absolute atomic E-state index is 0. The predicted molar refractivity (Wildman–Crippen MR) is 55.6 cm³/mol. The first kappa shape index (κ1) is 19.0. The number of carboxylic acids is 1. The molecule has 0 amide bonds. The van der Waals surface area contributed by atoms with E-state index in [1.54, 1.807) is 0 Å². The van der Waals surface area contributed by atoms with Gasteiger partial charge in [-0.25, -0.2) is 0 Å². The van der Waals surface area contributed by atoms with Crippen LogP contribution in [0.5, 0.6) is 0 Å². The number of hydrogen-bond acceptors (Lipinski definition) is 4. The summed E-state index contributed by atoms with van der Waals surface area (Å²) in [5.74, 6) is -0.402. The number of aliphatic carboxylic acids is 1. The van der Waals surface area contributed by atoms with Crippen LogP contribution in [0.25, 0.3) is 0 Å². The molecule has 7 heteroatoms. The van der Waals surface area contributed by atoms with Gasteiger partial charge in [-0.2, -0.15) is 12.6 Å². The zero-order valence-electron chi connectivity index (χ0n) is 9.48. The van der Waals surface area contributed by atoms with Crippen LogP contribution in [0.15, 0.2) is 0 Å². The Bertz CT molecular complexity index is 253. The normalized spacial score (nSPS) is 25.1. The largest absolute Gasteiger partial charge is 2.00 e. The van der Waals surface area contributed by atoms with Gasteiger partial charge in [0.25, 0.3) is 0 Å². The van der Waals surface area contributed by atoms with E-state index < -0.39 is 12.0 Å². The molecule has 3 atom stereocenters. The van der Waals surface area contributed by atoms with Crippen LogP contribution in [0.4, 0.5) is 0 Å². The fraction of sp³-hybridized carbons (Fsp3) is 0.778. The third kappa shape index (κ3) is 4.91. The van der Waals surface area contributed by atoms with Crippen LogP contribution in [0.1, 0.15) is 19.8 Å². The van der Waals surface area contributed by atoms with Gasteiger partial charge in [0, 0.05) is 5.92 Å². The molecule has 0 radical (unpaired) electrons. The first-order valence-electron chi connectivity index (χ1n) is 4.69. The second kappa shape index (κ2) is 8.74. The van der Waals surface area contributed by atoms with Crippen molar-refractivity contribution in [1.82, 2.24) is 5.32 Å². The molecule has 0 bridgehead atoms. The van der Waals surface area contributed by atoms with Gasteiger partial charge in [-0.05, 0) is 18.6 Å². The summed E-state index contributed by atoms with van der Waals surface area (Å²) in [6, 6.07) is -0.852. The maximum absolute atomic E-state index is 11.6. The Kier molecular flexibility index (Phi) is 10.4. The molecule has 4 nitrogen and oxygen atoms in total. The number of carboxylic acid groups (broad SMARTS) is 1. The number of nitrogens with one attached hydrogen (secondary N) is 1. The van der Waals surface area contributed by atoms with E-state index in [1.165, 1.54) is 0 Å². The summed E-state index contributed by atoms with van der Waals surface area (Å²) in [5.41, 5.74) is 0. The molecular formula is C9H15NO3SZn2+4. The summed E-state index contributed by atoms with van der Waals surface area (Å²) in [6.45, 7) is 1.81. The second-order valence-electron chi connectivity index (χ2n) is 3.67. The molecule has 3 unspecified atom stereocenters. The molecule has 0 aromatic rings. The van der Waals surface area contributed by atoms with Gasteiger partial charge in [0.05, 0.1) is 6.04 Å². The molecule has 1 rings (SSSR count). The number of carbonyl (C=O) groups is 2. The van der Waals surface area contributed by atoms with E-state index in [4.69, 9.17) is 5.11 Å². The molecule has 2 N–H and O–H groups in total. The summed E-state index contributed by atoms with van der Waals surface area (Å²) >= 11 is 4.05. The van der Waals surface area contributed by atoms with Crippen LogP contribution in [-0.4, -0.2) is 34.7 Å². The summed E-state index contributed by atoms with van der Waals surface area (Å²) in [5, 5.41) is 11.5. The standard InChI is InChI=1S/C9H15NO3S.2Zn/c1-5(4-14)8(11)6-2-3-7(10-6)9(12)13;;/h5-7,10,14H,2-4H2,1H3,(H,12,13);;/q;2*+2. The SMILES string of the molecule is CC(CS)C(=O)C1CCC(C(=O)O)N1.[Zn+2].[Zn+2]. The zero-order valence-corrected chi connectivity index (χ0v) is 16.3. The van der Waals surface area contributed by atoms with Crippen LogP contribution in [0.2, 0.25) is 0 Å². The van der Waals surface area contributed by atoms with Gasteiger partial charge in [0.15, 0.2) is 5.78 Å². The molecule has 16 heavy (non-hydrogen) atoms. The third-order valence-corrected chi connectivity index (χ3v) is 3.10. The minimum Gasteiger partial charge on any atom is -0.480 e. The molecule has 0 aromatic carbocycles. The van der Waals surface area contributed by atoms with E-state index in [0.717, 1.165) is 0 Å². The number of thiol groups is 1. The minimum atomic E-state index is -0.876. The Morgan fingerprint density at radius 2 is 1.88 bits per heavy atom. The third-order valence-electron chi connectivity index (χ3n) is 2.55. The molecule has 1 aliphatic rings. The molecule has 1 fully saturated rings. The van der Waals surface area contributed by atoms with Crippen molar-refractivity contribution in [3.05, 3.63) is 0 Å². The van der Waals surface area contributed by atoms with Crippen LogP contribution in [0.3, 0.4) is 0 Å². The number of rotatable bonds is 4. The Labute approximate surface area is 126 Å². The van der Waals surface area contributed by atoms with Crippen molar-refractivity contribution in [2.45, 2.75) is 31.8 Å². The van der Waals surface area contributed by atoms with Crippen LogP contribution in [0, 0.1) is 5.92 Å². The second-order valence-corrected chi connectivity index (χ2v) is 4.04. The molecule has 0 spiro atoms. The van der Waals surface area contributed by atoms with Crippen LogP contribution in [-0.2, 0) is 48.5 Å². The first-order chi connectivity index (χ1) is 6.56. The first-order valence-corrected chi connectivity index (χ1v) is 5.33. The smallest absolute Gasteiger partial charge is 0.480 e. The van der Waals surface area contributed by atoms with E-state index in [2.05, 4.69) is 17.9 Å². The van der Waals surface area contributed by atoms with E-state index in [9.17, 15) is 9.59 Å². The van der Waals surface area contributed by atoms with E-state index in [-0.39, 0.29) is 56.7 Å². The average Bonchev–Trinajstić information content (AvgIpc) is 2.64. The Balaban J connectivity index is 0. The van der Waals surface area contributed by atoms with Gasteiger partial charge in [-0.3, -0.25) is 14.9 Å². The van der Waals surface area contributed by atoms with Crippen molar-refractivity contribution in [3.8, 4) is 0 Å². The van der Waals surface area contributed by atoms with E-state index in [1.807, 2.05) is 6.92 Å². The molecule has 0 aromatic heterocycles. The van der Waals surface area contributed by atoms with Gasteiger partial charge in [-0.1, -0.05) is 6.92 Å². The summed E-state index contributed by atoms with van der Waals surface area (Å²) in [6.07, 6.45) is 1.15. The van der Waals surface area contributed by atoms with Crippen molar-refractivity contribution < 1.29 is 53.7 Å². The van der Waals surface area contributed by atoms with Gasteiger partial charge in [0.2, 0.25) is 0 Å². The molecule has 0 saturated carbocycles. The Morgan fingerprint density at radius 3 is 2.25 bits per heavy atom. The Hall–Kier alpha value is 0.697. The molecule has 80 valence electrons. The topological polar surface area (TPSA) is 66.4 Å². The van der Waals surface area contributed by atoms with E-state index >= 15 is 0 Å². The number of Topliss-reactive ketones (excluding diaryl/α,β-unsaturated/α-hetero) is 1. The van der Waals surface area contributed by atoms with Crippen molar-refractivity contribution >= 4 is 24.4 Å². The van der Waals surface area contributed by atoms with Crippen molar-refractivity contribution in [2.75, 3.05) is 5.75 Å². The fourth-order valence-electron chi connectivity index (χ4n) is 1.60. The van der Waals surface area contributed by atoms with Gasteiger partial charge >= 0.3 is 44.9 Å². The predicted octanol–water partition coefficient (Wildman–Crippen LogP) is 0.322. The zero-order chi connectivity index (χ0) is 10.7. The summed E-state index contributed by atoms with van der Waals surface area (Å²) in [4.78, 5) is 22.3. The van der Waals surface area contributed by atoms with Crippen LogP contribution >= 0.6 is 12.6 Å². The van der Waals surface area contributed by atoms with E-state index in [0.29, 0.717) is 18.6 Å². The monoisotopic (exact) mass is 345 g/mol. The van der Waals surface area contributed by atoms with Gasteiger partial charge < -0.3 is 5.11 Å². The maximum atomic E-state index is 11.6. The summed E-state index contributed by atoms with van der Waals surface area (Å²) in [7, 11) is 0. The molecular weight excluding hydrogens is 333 g/mol. The Morgan fingerprint density at radius 1 is 1.38 bits per heavy atom. The van der Waals surface area contributed by atoms with Crippen molar-refractivity contribution in [3.63, 3.8) is 0 Å². The van der Waals surface area contributed by atoms with Gasteiger partial charge in [0.1, 0.15) is 6.04 Å². The van der Waals surface area contributed by atoms with Crippen LogP contribution < -0.4 is 5.32 Å². The van der Waals surface area contributed by atoms with Crippen molar-refractivity contribution in [2.24, 2.45) is 5.92 Å². The van der Waals surface area contributed by atoms with Gasteiger partial charge in [-0.15, -0.1) is 0 Å². The number of hydrogen-bond donors (Lipinski definition) is 3. The summed E-state index contributed by atoms with van der Waals surface area (Å²) < 4.78 is 0.